The number of nitrogens with zero attached hydrogens (tertiary/aromatic N) is 1. The number of hydrogen-bond donors (Lipinski definition) is 0. The van der Waals surface area contributed by atoms with Gasteiger partial charge in [0.05, 0.1) is 14.2 Å². The van der Waals surface area contributed by atoms with Gasteiger partial charge in [-0.2, -0.15) is 0 Å². The van der Waals surface area contributed by atoms with Gasteiger partial charge in [-0.1, -0.05) is 12.1 Å². The van der Waals surface area contributed by atoms with Crippen molar-refractivity contribution in [2.45, 2.75) is 5.37 Å². The highest BCUT2D eigenvalue weighted by atomic mass is 32.2. The number of benzene rings is 2. The highest BCUT2D eigenvalue weighted by Gasteiger charge is 2.34. The van der Waals surface area contributed by atoms with Crippen LogP contribution in [-0.2, 0) is 0 Å². The normalized spacial score (nSPS) is 18.1. The van der Waals surface area contributed by atoms with Gasteiger partial charge in [-0.25, -0.2) is 0 Å². The van der Waals surface area contributed by atoms with Gasteiger partial charge in [-0.05, 0) is 29.8 Å². The molecule has 1 amide bonds. The van der Waals surface area contributed by atoms with Crippen molar-refractivity contribution >= 4 is 17.7 Å². The average Bonchev–Trinajstić information content (AvgIpc) is 3.35. The minimum atomic E-state index is -0.105. The Morgan fingerprint density at radius 3 is 2.58 bits per heavy atom. The molecule has 136 valence electrons. The summed E-state index contributed by atoms with van der Waals surface area (Å²) in [6.07, 6.45) is 0. The molecule has 2 aliphatic heterocycles. The second-order valence-electron chi connectivity index (χ2n) is 5.87. The fourth-order valence-corrected chi connectivity index (χ4v) is 4.47. The second kappa shape index (κ2) is 6.99. The summed E-state index contributed by atoms with van der Waals surface area (Å²) in [7, 11) is 3.11. The van der Waals surface area contributed by atoms with Crippen LogP contribution in [0, 0.1) is 0 Å². The molecule has 0 aliphatic carbocycles. The Morgan fingerprint density at radius 2 is 1.85 bits per heavy atom. The number of rotatable bonds is 4. The largest absolute Gasteiger partial charge is 0.496 e. The van der Waals surface area contributed by atoms with Crippen molar-refractivity contribution in [1.29, 1.82) is 0 Å². The third kappa shape index (κ3) is 2.82. The highest BCUT2D eigenvalue weighted by Crippen LogP contribution is 2.44. The maximum absolute atomic E-state index is 13.3. The lowest BCUT2D eigenvalue weighted by molar-refractivity contribution is 0.0753. The van der Waals surface area contributed by atoms with Gasteiger partial charge in [0, 0.05) is 12.3 Å². The van der Waals surface area contributed by atoms with Gasteiger partial charge in [0.2, 0.25) is 6.79 Å². The quantitative estimate of drug-likeness (QED) is 0.820. The Labute approximate surface area is 156 Å². The van der Waals surface area contributed by atoms with Crippen LogP contribution in [0.5, 0.6) is 23.0 Å². The topological polar surface area (TPSA) is 57.2 Å². The van der Waals surface area contributed by atoms with Crippen LogP contribution in [0.1, 0.15) is 21.3 Å². The van der Waals surface area contributed by atoms with E-state index in [4.69, 9.17) is 18.9 Å². The summed E-state index contributed by atoms with van der Waals surface area (Å²) in [5.41, 5.74) is 1.46. The summed E-state index contributed by atoms with van der Waals surface area (Å²) in [5, 5.41) is -0.0911. The summed E-state index contributed by atoms with van der Waals surface area (Å²) in [5.74, 6) is 3.24. The van der Waals surface area contributed by atoms with Gasteiger partial charge in [-0.3, -0.25) is 4.79 Å². The molecule has 1 atom stereocenters. The summed E-state index contributed by atoms with van der Waals surface area (Å²) >= 11 is 1.73. The van der Waals surface area contributed by atoms with Gasteiger partial charge in [-0.15, -0.1) is 11.8 Å². The first-order chi connectivity index (χ1) is 12.7. The van der Waals surface area contributed by atoms with Crippen LogP contribution in [-0.4, -0.2) is 44.1 Å². The molecule has 2 aromatic carbocycles. The molecule has 0 radical (unpaired) electrons. The molecule has 2 heterocycles. The maximum Gasteiger partial charge on any atom is 0.262 e. The van der Waals surface area contributed by atoms with Crippen LogP contribution in [0.15, 0.2) is 36.4 Å². The van der Waals surface area contributed by atoms with E-state index in [1.807, 2.05) is 29.2 Å². The number of carbonyl (C=O) groups excluding carboxylic acids is 1. The molecule has 1 fully saturated rings. The zero-order valence-electron chi connectivity index (χ0n) is 14.6. The second-order valence-corrected chi connectivity index (χ2v) is 7.06. The standard InChI is InChI=1S/C19H19NO5S/c1-22-14-4-3-5-15(23-2)17(14)18(21)20-8-9-26-19(20)12-6-7-13-16(10-12)25-11-24-13/h3-7,10,19H,8-9,11H2,1-2H3/t19-/m0/s1. The smallest absolute Gasteiger partial charge is 0.262 e. The van der Waals surface area contributed by atoms with E-state index in [9.17, 15) is 4.79 Å². The van der Waals surface area contributed by atoms with E-state index in [0.717, 1.165) is 22.8 Å². The minimum Gasteiger partial charge on any atom is -0.496 e. The number of amides is 1. The van der Waals surface area contributed by atoms with Crippen LogP contribution in [0.2, 0.25) is 0 Å². The van der Waals surface area contributed by atoms with E-state index in [-0.39, 0.29) is 18.1 Å². The van der Waals surface area contributed by atoms with Crippen LogP contribution in [0.3, 0.4) is 0 Å². The number of methoxy groups -OCH3 is 2. The van der Waals surface area contributed by atoms with Crippen molar-refractivity contribution in [3.05, 3.63) is 47.5 Å². The first-order valence-electron chi connectivity index (χ1n) is 8.26. The highest BCUT2D eigenvalue weighted by molar-refractivity contribution is 7.99. The van der Waals surface area contributed by atoms with E-state index >= 15 is 0 Å². The van der Waals surface area contributed by atoms with Crippen LogP contribution >= 0.6 is 11.8 Å². The number of ether oxygens (including phenoxy) is 4. The van der Waals surface area contributed by atoms with Crippen LogP contribution in [0.4, 0.5) is 0 Å². The number of fused-ring (bicyclic) bond motifs is 1. The Kier molecular flexibility index (Phi) is 4.55. The lowest BCUT2D eigenvalue weighted by Gasteiger charge is -2.25. The monoisotopic (exact) mass is 373 g/mol. The molecule has 0 spiro atoms. The van der Waals surface area contributed by atoms with Gasteiger partial charge >= 0.3 is 0 Å². The first-order valence-corrected chi connectivity index (χ1v) is 9.31. The molecule has 26 heavy (non-hydrogen) atoms. The SMILES string of the molecule is COc1cccc(OC)c1C(=O)N1CCS[C@H]1c1ccc2c(c1)OCO2. The minimum absolute atomic E-state index is 0.0911. The lowest BCUT2D eigenvalue weighted by Crippen LogP contribution is -2.31. The number of thioether (sulfide) groups is 1. The lowest BCUT2D eigenvalue weighted by atomic mass is 10.1. The molecule has 0 aromatic heterocycles. The molecule has 2 aliphatic rings. The number of hydrogen-bond acceptors (Lipinski definition) is 6. The van der Waals surface area contributed by atoms with Crippen molar-refractivity contribution in [3.8, 4) is 23.0 Å². The molecule has 0 N–H and O–H groups in total. The van der Waals surface area contributed by atoms with Crippen LogP contribution < -0.4 is 18.9 Å². The van der Waals surface area contributed by atoms with Gasteiger partial charge in [0.1, 0.15) is 22.4 Å². The van der Waals surface area contributed by atoms with Crippen molar-refractivity contribution in [2.75, 3.05) is 33.3 Å². The fraction of sp³-hybridized carbons (Fsp3) is 0.316. The Bertz CT molecular complexity index is 818. The van der Waals surface area contributed by atoms with Crippen LogP contribution in [0.25, 0.3) is 0 Å². The Morgan fingerprint density at radius 1 is 1.12 bits per heavy atom. The zero-order chi connectivity index (χ0) is 18.1. The van der Waals surface area contributed by atoms with Crippen molar-refractivity contribution in [2.24, 2.45) is 0 Å². The first kappa shape index (κ1) is 16.9. The third-order valence-electron chi connectivity index (χ3n) is 4.48. The molecular weight excluding hydrogens is 354 g/mol. The summed E-state index contributed by atoms with van der Waals surface area (Å²) in [6, 6.07) is 11.2. The Hall–Kier alpha value is -2.54. The van der Waals surface area contributed by atoms with E-state index < -0.39 is 0 Å². The average molecular weight is 373 g/mol. The molecule has 6 nitrogen and oxygen atoms in total. The predicted molar refractivity (Wildman–Crippen MR) is 98.3 cm³/mol. The van der Waals surface area contributed by atoms with Gasteiger partial charge in [0.25, 0.3) is 5.91 Å². The van der Waals surface area contributed by atoms with Crippen molar-refractivity contribution in [3.63, 3.8) is 0 Å². The van der Waals surface area contributed by atoms with E-state index in [2.05, 4.69) is 0 Å². The molecule has 2 aromatic rings. The molecule has 7 heteroatoms. The molecule has 0 unspecified atom stereocenters. The third-order valence-corrected chi connectivity index (χ3v) is 5.74. The summed E-state index contributed by atoms with van der Waals surface area (Å²) < 4.78 is 21.7. The van der Waals surface area contributed by atoms with E-state index in [1.54, 1.807) is 38.1 Å². The molecular formula is C19H19NO5S. The van der Waals surface area contributed by atoms with E-state index in [1.165, 1.54) is 0 Å². The molecule has 0 bridgehead atoms. The predicted octanol–water partition coefficient (Wildman–Crippen LogP) is 3.32. The van der Waals surface area contributed by atoms with Gasteiger partial charge in [0.15, 0.2) is 11.5 Å². The zero-order valence-corrected chi connectivity index (χ0v) is 15.4. The summed E-state index contributed by atoms with van der Waals surface area (Å²) in [4.78, 5) is 15.2. The molecule has 4 rings (SSSR count). The maximum atomic E-state index is 13.3. The van der Waals surface area contributed by atoms with Crippen molar-refractivity contribution < 1.29 is 23.7 Å². The summed E-state index contributed by atoms with van der Waals surface area (Å²) in [6.45, 7) is 0.890. The number of carbonyl (C=O) groups is 1. The Balaban J connectivity index is 1.68. The fourth-order valence-electron chi connectivity index (χ4n) is 3.23. The van der Waals surface area contributed by atoms with Crippen molar-refractivity contribution in [1.82, 2.24) is 4.90 Å². The van der Waals surface area contributed by atoms with Gasteiger partial charge < -0.3 is 23.8 Å². The van der Waals surface area contributed by atoms with E-state index in [0.29, 0.717) is 23.6 Å². The molecule has 0 saturated carbocycles. The molecule has 1 saturated heterocycles.